The zero-order valence-corrected chi connectivity index (χ0v) is 16.0. The number of carbonyl (C=O) groups excluding carboxylic acids is 1. The van der Waals surface area contributed by atoms with Crippen molar-refractivity contribution in [2.75, 3.05) is 26.7 Å². The largest absolute Gasteiger partial charge is 0.466 e. The molecule has 27 heavy (non-hydrogen) atoms. The van der Waals surface area contributed by atoms with E-state index in [2.05, 4.69) is 15.2 Å². The Morgan fingerprint density at radius 1 is 1.41 bits per heavy atom. The average Bonchev–Trinajstić information content (AvgIpc) is 2.98. The number of nitrogens with zero attached hydrogens (tertiary/aromatic N) is 2. The number of nitrogens with one attached hydrogen (secondary N) is 1. The number of ether oxygens (including phenoxy) is 1. The first-order valence-corrected chi connectivity index (χ1v) is 9.33. The molecule has 0 bridgehead atoms. The molecule has 146 valence electrons. The molecule has 3 rings (SSSR count). The van der Waals surface area contributed by atoms with Gasteiger partial charge in [0.25, 0.3) is 0 Å². The highest BCUT2D eigenvalue weighted by Crippen LogP contribution is 2.26. The molecule has 0 amide bonds. The van der Waals surface area contributed by atoms with Crippen molar-refractivity contribution in [3.63, 3.8) is 0 Å². The summed E-state index contributed by atoms with van der Waals surface area (Å²) < 4.78 is 24.4. The minimum Gasteiger partial charge on any atom is -0.466 e. The molecule has 0 unspecified atom stereocenters. The van der Waals surface area contributed by atoms with Crippen molar-refractivity contribution in [2.45, 2.75) is 33.2 Å². The maximum absolute atomic E-state index is 13.5. The highest BCUT2D eigenvalue weighted by atomic mass is 19.1. The molecule has 1 aliphatic heterocycles. The van der Waals surface area contributed by atoms with Gasteiger partial charge in [-0.05, 0) is 44.9 Å². The van der Waals surface area contributed by atoms with Gasteiger partial charge in [-0.3, -0.25) is 9.79 Å². The molecule has 0 radical (unpaired) electrons. The van der Waals surface area contributed by atoms with Crippen molar-refractivity contribution >= 4 is 22.9 Å². The van der Waals surface area contributed by atoms with Gasteiger partial charge in [0.1, 0.15) is 17.2 Å². The number of piperidine rings is 1. The van der Waals surface area contributed by atoms with Crippen molar-refractivity contribution in [3.05, 3.63) is 35.3 Å². The number of aliphatic imine (C=N–C) groups is 1. The monoisotopic (exact) mass is 375 g/mol. The highest BCUT2D eigenvalue weighted by Gasteiger charge is 2.27. The number of benzene rings is 1. The molecule has 0 spiro atoms. The van der Waals surface area contributed by atoms with Crippen molar-refractivity contribution in [1.82, 2.24) is 10.2 Å². The van der Waals surface area contributed by atoms with E-state index < -0.39 is 0 Å². The summed E-state index contributed by atoms with van der Waals surface area (Å²) in [7, 11) is 1.74. The van der Waals surface area contributed by atoms with Gasteiger partial charge in [0.05, 0.1) is 19.1 Å². The van der Waals surface area contributed by atoms with Gasteiger partial charge in [0.15, 0.2) is 5.96 Å². The summed E-state index contributed by atoms with van der Waals surface area (Å²) in [5.41, 5.74) is 1.60. The topological polar surface area (TPSA) is 67.1 Å². The number of hydrogen-bond acceptors (Lipinski definition) is 4. The molecular weight excluding hydrogens is 349 g/mol. The van der Waals surface area contributed by atoms with Crippen molar-refractivity contribution in [3.8, 4) is 0 Å². The zero-order valence-electron chi connectivity index (χ0n) is 16.0. The Hall–Kier alpha value is -2.57. The minimum absolute atomic E-state index is 0.0354. The Balaban J connectivity index is 1.60. The van der Waals surface area contributed by atoms with E-state index in [1.54, 1.807) is 13.1 Å². The van der Waals surface area contributed by atoms with Crippen LogP contribution in [-0.4, -0.2) is 43.6 Å². The number of halogens is 1. The lowest BCUT2D eigenvalue weighted by molar-refractivity contribution is -0.149. The first-order valence-electron chi connectivity index (χ1n) is 9.33. The van der Waals surface area contributed by atoms with E-state index >= 15 is 0 Å². The Morgan fingerprint density at radius 3 is 2.81 bits per heavy atom. The van der Waals surface area contributed by atoms with E-state index in [0.29, 0.717) is 18.7 Å². The molecule has 2 aromatic rings. The number of guanidine groups is 1. The Morgan fingerprint density at radius 2 is 2.15 bits per heavy atom. The average molecular weight is 375 g/mol. The van der Waals surface area contributed by atoms with Crippen LogP contribution < -0.4 is 5.32 Å². The molecule has 0 saturated carbocycles. The molecule has 6 nitrogen and oxygen atoms in total. The van der Waals surface area contributed by atoms with Gasteiger partial charge in [-0.2, -0.15) is 0 Å². The van der Waals surface area contributed by atoms with Crippen LogP contribution in [0.5, 0.6) is 0 Å². The van der Waals surface area contributed by atoms with Crippen molar-refractivity contribution in [2.24, 2.45) is 10.9 Å². The third kappa shape index (κ3) is 4.23. The van der Waals surface area contributed by atoms with Crippen LogP contribution in [0.25, 0.3) is 11.0 Å². The smallest absolute Gasteiger partial charge is 0.309 e. The number of aryl methyl sites for hydroxylation is 1. The summed E-state index contributed by atoms with van der Waals surface area (Å²) in [4.78, 5) is 18.4. The molecule has 1 saturated heterocycles. The number of furan rings is 1. The SMILES string of the molecule is CCOC(=O)C1CCN(C(=NC)NCc2oc3ccc(F)cc3c2C)CC1. The van der Waals surface area contributed by atoms with E-state index in [0.717, 1.165) is 48.6 Å². The first kappa shape index (κ1) is 19.2. The predicted molar refractivity (Wildman–Crippen MR) is 102 cm³/mol. The fourth-order valence-electron chi connectivity index (χ4n) is 3.49. The Kier molecular flexibility index (Phi) is 5.98. The molecule has 0 aliphatic carbocycles. The summed E-state index contributed by atoms with van der Waals surface area (Å²) in [5.74, 6) is 1.12. The minimum atomic E-state index is -0.272. The van der Waals surface area contributed by atoms with E-state index in [9.17, 15) is 9.18 Å². The summed E-state index contributed by atoms with van der Waals surface area (Å²) in [6.07, 6.45) is 1.50. The van der Waals surface area contributed by atoms with E-state index in [4.69, 9.17) is 9.15 Å². The number of likely N-dealkylation sites (tertiary alicyclic amines) is 1. The number of fused-ring (bicyclic) bond motifs is 1. The maximum Gasteiger partial charge on any atom is 0.309 e. The summed E-state index contributed by atoms with van der Waals surface area (Å²) in [6.45, 7) is 6.12. The van der Waals surface area contributed by atoms with Crippen molar-refractivity contribution in [1.29, 1.82) is 0 Å². The van der Waals surface area contributed by atoms with Crippen molar-refractivity contribution < 1.29 is 18.3 Å². The standard InChI is InChI=1S/C20H26FN3O3/c1-4-26-19(25)14-7-9-24(10-8-14)20(22-3)23-12-18-13(2)16-11-15(21)5-6-17(16)27-18/h5-6,11,14H,4,7-10,12H2,1-3H3,(H,22,23). The lowest BCUT2D eigenvalue weighted by Crippen LogP contribution is -2.46. The molecule has 1 N–H and O–H groups in total. The van der Waals surface area contributed by atoms with Crippen LogP contribution in [0.2, 0.25) is 0 Å². The van der Waals surface area contributed by atoms with Gasteiger partial charge in [-0.15, -0.1) is 0 Å². The second kappa shape index (κ2) is 8.41. The fourth-order valence-corrected chi connectivity index (χ4v) is 3.49. The van der Waals surface area contributed by atoms with Gasteiger partial charge in [-0.25, -0.2) is 4.39 Å². The molecule has 1 aromatic carbocycles. The van der Waals surface area contributed by atoms with Gasteiger partial charge in [-0.1, -0.05) is 0 Å². The lowest BCUT2D eigenvalue weighted by atomic mass is 9.97. The second-order valence-corrected chi connectivity index (χ2v) is 6.70. The summed E-state index contributed by atoms with van der Waals surface area (Å²) in [6, 6.07) is 4.54. The van der Waals surface area contributed by atoms with Crippen LogP contribution in [0, 0.1) is 18.7 Å². The Labute approximate surface area is 158 Å². The fraction of sp³-hybridized carbons (Fsp3) is 0.500. The third-order valence-corrected chi connectivity index (χ3v) is 5.03. The molecular formula is C20H26FN3O3. The number of hydrogen-bond donors (Lipinski definition) is 1. The van der Waals surface area contributed by atoms with Gasteiger partial charge in [0.2, 0.25) is 0 Å². The number of carbonyl (C=O) groups is 1. The molecule has 1 aromatic heterocycles. The second-order valence-electron chi connectivity index (χ2n) is 6.70. The maximum atomic E-state index is 13.5. The molecule has 0 atom stereocenters. The normalized spacial score (nSPS) is 16.0. The van der Waals surface area contributed by atoms with Crippen LogP contribution in [0.15, 0.2) is 27.6 Å². The zero-order chi connectivity index (χ0) is 19.4. The Bertz CT molecular complexity index is 838. The third-order valence-electron chi connectivity index (χ3n) is 5.03. The van der Waals surface area contributed by atoms with E-state index in [1.165, 1.54) is 12.1 Å². The van der Waals surface area contributed by atoms with Gasteiger partial charge < -0.3 is 19.4 Å². The lowest BCUT2D eigenvalue weighted by Gasteiger charge is -2.33. The van der Waals surface area contributed by atoms with Gasteiger partial charge >= 0.3 is 5.97 Å². The predicted octanol–water partition coefficient (Wildman–Crippen LogP) is 3.23. The highest BCUT2D eigenvalue weighted by molar-refractivity contribution is 5.83. The summed E-state index contributed by atoms with van der Waals surface area (Å²) in [5, 5.41) is 4.10. The molecule has 1 fully saturated rings. The van der Waals surface area contributed by atoms with E-state index in [-0.39, 0.29) is 17.7 Å². The van der Waals surface area contributed by atoms with Crippen LogP contribution in [0.4, 0.5) is 4.39 Å². The molecule has 7 heteroatoms. The van der Waals surface area contributed by atoms with Crippen LogP contribution in [-0.2, 0) is 16.1 Å². The van der Waals surface area contributed by atoms with E-state index in [1.807, 2.05) is 13.8 Å². The van der Waals surface area contributed by atoms with Gasteiger partial charge in [0, 0.05) is 31.1 Å². The quantitative estimate of drug-likeness (QED) is 0.505. The van der Waals surface area contributed by atoms with Crippen LogP contribution in [0.3, 0.4) is 0 Å². The summed E-state index contributed by atoms with van der Waals surface area (Å²) >= 11 is 0. The first-order chi connectivity index (χ1) is 13.0. The molecule has 1 aliphatic rings. The van der Waals surface area contributed by atoms with Crippen LogP contribution >= 0.6 is 0 Å². The number of esters is 1. The number of rotatable bonds is 4. The molecule has 2 heterocycles. The van der Waals surface area contributed by atoms with Crippen LogP contribution in [0.1, 0.15) is 31.1 Å².